The van der Waals surface area contributed by atoms with Gasteiger partial charge in [-0.05, 0) is 12.1 Å². The van der Waals surface area contributed by atoms with Crippen molar-refractivity contribution < 1.29 is 14.3 Å². The van der Waals surface area contributed by atoms with E-state index in [1.54, 1.807) is 12.1 Å². The number of benzene rings is 1. The lowest BCUT2D eigenvalue weighted by Gasteiger charge is -2.15. The standard InChI is InChI=1S/C13H14ClNO3/c1-2-8-17-10-12(9-14)18-13(16)15-11-6-4-3-5-7-11/h1,3-7,12H,8-10H2,(H,15,16). The first-order chi connectivity index (χ1) is 8.76. The summed E-state index contributed by atoms with van der Waals surface area (Å²) in [5, 5.41) is 2.58. The lowest BCUT2D eigenvalue weighted by atomic mass is 10.3. The van der Waals surface area contributed by atoms with Crippen molar-refractivity contribution in [3.8, 4) is 12.3 Å². The molecule has 18 heavy (non-hydrogen) atoms. The van der Waals surface area contributed by atoms with Crippen molar-refractivity contribution in [3.63, 3.8) is 0 Å². The first kappa shape index (κ1) is 14.4. The fourth-order valence-electron chi connectivity index (χ4n) is 1.18. The molecule has 0 bridgehead atoms. The average Bonchev–Trinajstić information content (AvgIpc) is 2.39. The van der Waals surface area contributed by atoms with Crippen LogP contribution in [0.5, 0.6) is 0 Å². The molecule has 0 radical (unpaired) electrons. The molecule has 0 aliphatic heterocycles. The topological polar surface area (TPSA) is 47.6 Å². The maximum Gasteiger partial charge on any atom is 0.412 e. The van der Waals surface area contributed by atoms with Crippen LogP contribution in [0.25, 0.3) is 0 Å². The van der Waals surface area contributed by atoms with Gasteiger partial charge in [-0.2, -0.15) is 0 Å². The third-order valence-corrected chi connectivity index (χ3v) is 2.30. The number of carbonyl (C=O) groups excluding carboxylic acids is 1. The van der Waals surface area contributed by atoms with E-state index in [2.05, 4.69) is 11.2 Å². The van der Waals surface area contributed by atoms with Gasteiger partial charge in [0.15, 0.2) is 0 Å². The van der Waals surface area contributed by atoms with Gasteiger partial charge in [0.25, 0.3) is 0 Å². The van der Waals surface area contributed by atoms with E-state index in [4.69, 9.17) is 27.5 Å². The van der Waals surface area contributed by atoms with Crippen molar-refractivity contribution in [3.05, 3.63) is 30.3 Å². The monoisotopic (exact) mass is 267 g/mol. The van der Waals surface area contributed by atoms with Gasteiger partial charge < -0.3 is 9.47 Å². The molecule has 0 heterocycles. The lowest BCUT2D eigenvalue weighted by molar-refractivity contribution is 0.0477. The van der Waals surface area contributed by atoms with Gasteiger partial charge in [-0.1, -0.05) is 24.1 Å². The molecule has 0 aromatic heterocycles. The molecule has 0 fully saturated rings. The van der Waals surface area contributed by atoms with Crippen LogP contribution in [-0.2, 0) is 9.47 Å². The van der Waals surface area contributed by atoms with Gasteiger partial charge in [0.2, 0.25) is 0 Å². The van der Waals surface area contributed by atoms with E-state index in [0.717, 1.165) is 0 Å². The molecule has 0 saturated heterocycles. The Balaban J connectivity index is 2.36. The minimum atomic E-state index is -0.573. The Bertz CT molecular complexity index is 402. The molecule has 1 rings (SSSR count). The van der Waals surface area contributed by atoms with Gasteiger partial charge in [-0.25, -0.2) is 4.79 Å². The van der Waals surface area contributed by atoms with Crippen molar-refractivity contribution in [1.29, 1.82) is 0 Å². The number of terminal acetylenes is 1. The van der Waals surface area contributed by atoms with Crippen molar-refractivity contribution in [2.24, 2.45) is 0 Å². The lowest BCUT2D eigenvalue weighted by Crippen LogP contribution is -2.28. The summed E-state index contributed by atoms with van der Waals surface area (Å²) in [6.07, 6.45) is 3.93. The zero-order chi connectivity index (χ0) is 13.2. The van der Waals surface area contributed by atoms with Crippen molar-refractivity contribution >= 4 is 23.4 Å². The molecular formula is C13H14ClNO3. The molecular weight excluding hydrogens is 254 g/mol. The quantitative estimate of drug-likeness (QED) is 0.489. The summed E-state index contributed by atoms with van der Waals surface area (Å²) in [4.78, 5) is 11.5. The summed E-state index contributed by atoms with van der Waals surface area (Å²) in [5.74, 6) is 2.46. The molecule has 96 valence electrons. The van der Waals surface area contributed by atoms with Crippen LogP contribution in [0.1, 0.15) is 0 Å². The number of hydrogen-bond donors (Lipinski definition) is 1. The van der Waals surface area contributed by atoms with Crippen LogP contribution in [0.15, 0.2) is 30.3 Å². The van der Waals surface area contributed by atoms with Gasteiger partial charge in [-0.15, -0.1) is 18.0 Å². The Labute approximate surface area is 111 Å². The summed E-state index contributed by atoms with van der Waals surface area (Å²) < 4.78 is 10.1. The van der Waals surface area contributed by atoms with Gasteiger partial charge in [0, 0.05) is 5.69 Å². The summed E-state index contributed by atoms with van der Waals surface area (Å²) in [5.41, 5.74) is 0.653. The van der Waals surface area contributed by atoms with Gasteiger partial charge >= 0.3 is 6.09 Å². The van der Waals surface area contributed by atoms with Gasteiger partial charge in [0.1, 0.15) is 12.7 Å². The maximum atomic E-state index is 11.5. The van der Waals surface area contributed by atoms with Crippen LogP contribution in [-0.4, -0.2) is 31.3 Å². The Hall–Kier alpha value is -1.70. The summed E-state index contributed by atoms with van der Waals surface area (Å²) in [6, 6.07) is 8.98. The molecule has 0 saturated carbocycles. The van der Waals surface area contributed by atoms with Crippen LogP contribution >= 0.6 is 11.6 Å². The number of ether oxygens (including phenoxy) is 2. The Morgan fingerprint density at radius 2 is 2.17 bits per heavy atom. The molecule has 1 aromatic rings. The number of anilines is 1. The predicted molar refractivity (Wildman–Crippen MR) is 70.7 cm³/mol. The normalized spacial score (nSPS) is 11.3. The maximum absolute atomic E-state index is 11.5. The summed E-state index contributed by atoms with van der Waals surface area (Å²) in [6.45, 7) is 0.340. The smallest absolute Gasteiger partial charge is 0.412 e. The molecule has 1 amide bonds. The number of para-hydroxylation sites is 1. The largest absolute Gasteiger partial charge is 0.442 e. The molecule has 4 nitrogen and oxygen atoms in total. The van der Waals surface area contributed by atoms with Crippen LogP contribution in [0, 0.1) is 12.3 Å². The summed E-state index contributed by atoms with van der Waals surface area (Å²) in [7, 11) is 0. The molecule has 1 N–H and O–H groups in total. The second kappa shape index (κ2) is 8.40. The minimum absolute atomic E-state index is 0.146. The molecule has 1 atom stereocenters. The first-order valence-electron chi connectivity index (χ1n) is 5.36. The third kappa shape index (κ3) is 5.58. The number of halogens is 1. The second-order valence-electron chi connectivity index (χ2n) is 3.39. The van der Waals surface area contributed by atoms with E-state index in [1.165, 1.54) is 0 Å². The Morgan fingerprint density at radius 3 is 2.78 bits per heavy atom. The van der Waals surface area contributed by atoms with Gasteiger partial charge in [-0.3, -0.25) is 5.32 Å². The van der Waals surface area contributed by atoms with Crippen molar-refractivity contribution in [2.45, 2.75) is 6.10 Å². The number of alkyl halides is 1. The minimum Gasteiger partial charge on any atom is -0.442 e. The Morgan fingerprint density at radius 1 is 1.44 bits per heavy atom. The third-order valence-electron chi connectivity index (χ3n) is 1.96. The van der Waals surface area contributed by atoms with Crippen LogP contribution in [0.4, 0.5) is 10.5 Å². The van der Waals surface area contributed by atoms with Gasteiger partial charge in [0.05, 0.1) is 12.5 Å². The highest BCUT2D eigenvalue weighted by atomic mass is 35.5. The van der Waals surface area contributed by atoms with E-state index < -0.39 is 12.2 Å². The van der Waals surface area contributed by atoms with E-state index in [1.807, 2.05) is 18.2 Å². The van der Waals surface area contributed by atoms with E-state index in [0.29, 0.717) is 5.69 Å². The number of nitrogens with one attached hydrogen (secondary N) is 1. The average molecular weight is 268 g/mol. The van der Waals surface area contributed by atoms with Crippen LogP contribution < -0.4 is 5.32 Å². The highest BCUT2D eigenvalue weighted by molar-refractivity contribution is 6.18. The van der Waals surface area contributed by atoms with Crippen LogP contribution in [0.3, 0.4) is 0 Å². The number of hydrogen-bond acceptors (Lipinski definition) is 3. The molecule has 5 heteroatoms. The Kier molecular flexibility index (Phi) is 6.70. The highest BCUT2D eigenvalue weighted by Gasteiger charge is 2.13. The summed E-state index contributed by atoms with van der Waals surface area (Å²) >= 11 is 5.66. The van der Waals surface area contributed by atoms with E-state index in [-0.39, 0.29) is 19.1 Å². The zero-order valence-electron chi connectivity index (χ0n) is 9.77. The van der Waals surface area contributed by atoms with Crippen molar-refractivity contribution in [2.75, 3.05) is 24.4 Å². The fraction of sp³-hybridized carbons (Fsp3) is 0.308. The van der Waals surface area contributed by atoms with E-state index in [9.17, 15) is 4.79 Å². The first-order valence-corrected chi connectivity index (χ1v) is 5.89. The SMILES string of the molecule is C#CCOCC(CCl)OC(=O)Nc1ccccc1. The molecule has 0 aliphatic rings. The second-order valence-corrected chi connectivity index (χ2v) is 3.70. The highest BCUT2D eigenvalue weighted by Crippen LogP contribution is 2.07. The number of carbonyl (C=O) groups is 1. The molecule has 1 aromatic carbocycles. The number of rotatable bonds is 6. The van der Waals surface area contributed by atoms with Crippen molar-refractivity contribution in [1.82, 2.24) is 0 Å². The van der Waals surface area contributed by atoms with E-state index >= 15 is 0 Å². The molecule has 1 unspecified atom stereocenters. The number of amides is 1. The molecule has 0 spiro atoms. The fourth-order valence-corrected chi connectivity index (χ4v) is 1.33. The molecule has 0 aliphatic carbocycles. The van der Waals surface area contributed by atoms with Crippen LogP contribution in [0.2, 0.25) is 0 Å². The predicted octanol–water partition coefficient (Wildman–Crippen LogP) is 2.49. The zero-order valence-corrected chi connectivity index (χ0v) is 10.5.